The van der Waals surface area contributed by atoms with E-state index in [1.165, 1.54) is 0 Å². The van der Waals surface area contributed by atoms with Crippen molar-refractivity contribution in [3.63, 3.8) is 0 Å². The van der Waals surface area contributed by atoms with E-state index < -0.39 is 21.9 Å². The van der Waals surface area contributed by atoms with Gasteiger partial charge in [0.2, 0.25) is 23.6 Å². The molecule has 218 valence electrons. The van der Waals surface area contributed by atoms with Crippen LogP contribution in [0.4, 0.5) is 0 Å². The van der Waals surface area contributed by atoms with Gasteiger partial charge in [-0.05, 0) is 56.4 Å². The van der Waals surface area contributed by atoms with Crippen molar-refractivity contribution in [1.29, 1.82) is 0 Å². The first-order valence-corrected chi connectivity index (χ1v) is 16.3. The number of hydrogen-bond acceptors (Lipinski definition) is 6. The Labute approximate surface area is 236 Å². The summed E-state index contributed by atoms with van der Waals surface area (Å²) in [5.74, 6) is -0.649. The second-order valence-electron chi connectivity index (χ2n) is 12.0. The van der Waals surface area contributed by atoms with Gasteiger partial charge in [0.1, 0.15) is 21.9 Å². The van der Waals surface area contributed by atoms with Crippen LogP contribution in [0, 0.1) is 17.8 Å². The monoisotopic (exact) mass is 572 g/mol. The molecule has 0 spiro atoms. The zero-order valence-corrected chi connectivity index (χ0v) is 23.9. The molecule has 5 rings (SSSR count). The summed E-state index contributed by atoms with van der Waals surface area (Å²) in [7, 11) is -3.05. The second-order valence-corrected chi connectivity index (χ2v) is 14.3. The van der Waals surface area contributed by atoms with Gasteiger partial charge >= 0.3 is 0 Å². The highest BCUT2D eigenvalue weighted by atomic mass is 32.2. The predicted molar refractivity (Wildman–Crippen MR) is 149 cm³/mol. The van der Waals surface area contributed by atoms with Gasteiger partial charge in [-0.3, -0.25) is 19.2 Å². The number of carbonyl (C=O) groups is 4. The molecular formula is C29H40N4O6S. The summed E-state index contributed by atoms with van der Waals surface area (Å²) in [5, 5.41) is 5.67. The van der Waals surface area contributed by atoms with E-state index in [0.29, 0.717) is 51.7 Å². The maximum atomic E-state index is 14.2. The van der Waals surface area contributed by atoms with Crippen molar-refractivity contribution < 1.29 is 27.6 Å². The molecule has 4 aliphatic rings. The summed E-state index contributed by atoms with van der Waals surface area (Å²) in [6.07, 6.45) is 3.47. The lowest BCUT2D eigenvalue weighted by Crippen LogP contribution is -2.64. The van der Waals surface area contributed by atoms with Crippen molar-refractivity contribution in [3.05, 3.63) is 35.9 Å². The summed E-state index contributed by atoms with van der Waals surface area (Å²) in [4.78, 5) is 57.0. The number of hydrogen-bond donors (Lipinski definition) is 2. The maximum absolute atomic E-state index is 14.2. The minimum absolute atomic E-state index is 0.0279. The molecule has 2 bridgehead atoms. The normalized spacial score (nSPS) is 31.7. The van der Waals surface area contributed by atoms with Crippen LogP contribution in [0.1, 0.15) is 51.0 Å². The van der Waals surface area contributed by atoms with Crippen LogP contribution < -0.4 is 10.6 Å². The van der Waals surface area contributed by atoms with Crippen molar-refractivity contribution in [2.75, 3.05) is 31.1 Å². The molecule has 0 radical (unpaired) electrons. The summed E-state index contributed by atoms with van der Waals surface area (Å²) in [6.45, 7) is 3.19. The number of carbonyl (C=O) groups excluding carboxylic acids is 4. The molecule has 4 heterocycles. The Balaban J connectivity index is 1.37. The van der Waals surface area contributed by atoms with E-state index in [1.54, 1.807) is 6.92 Å². The first-order chi connectivity index (χ1) is 19.1. The zero-order chi connectivity index (χ0) is 28.4. The third kappa shape index (κ3) is 6.50. The molecular weight excluding hydrogens is 532 g/mol. The minimum Gasteiger partial charge on any atom is -0.345 e. The zero-order valence-electron chi connectivity index (χ0n) is 23.1. The Morgan fingerprint density at radius 2 is 1.70 bits per heavy atom. The Hall–Kier alpha value is -2.95. The number of amides is 4. The van der Waals surface area contributed by atoms with Crippen LogP contribution in [0.5, 0.6) is 0 Å². The fourth-order valence-electron chi connectivity index (χ4n) is 6.94. The number of piperidine rings is 2. The third-order valence-electron chi connectivity index (χ3n) is 9.04. The fourth-order valence-corrected chi connectivity index (χ4v) is 8.43. The summed E-state index contributed by atoms with van der Waals surface area (Å²) in [6, 6.07) is 7.92. The summed E-state index contributed by atoms with van der Waals surface area (Å²) < 4.78 is 23.8. The predicted octanol–water partition coefficient (Wildman–Crippen LogP) is 0.903. The fraction of sp³-hybridized carbons (Fsp3) is 0.655. The second kappa shape index (κ2) is 11.9. The standard InChI is InChI=1S/C29H40N4O6S/c1-19-27(35)31-24(15-20-6-3-2-4-7-20)29(37)33-17-21-14-23(25(33)8-5-9-26(34)30-19)18-32(16-21)28(36)22-10-12-40(38,39)13-11-22/h2-4,6-7,19,21-25H,5,8-18H2,1H3,(H,30,34)(H,31,35)/t19-,21+,23-,24+,25+/m1/s1. The minimum atomic E-state index is -3.05. The maximum Gasteiger partial charge on any atom is 0.245 e. The van der Waals surface area contributed by atoms with E-state index in [0.717, 1.165) is 12.0 Å². The van der Waals surface area contributed by atoms with Crippen molar-refractivity contribution >= 4 is 33.5 Å². The molecule has 0 aliphatic carbocycles. The van der Waals surface area contributed by atoms with Gasteiger partial charge in [-0.25, -0.2) is 8.42 Å². The van der Waals surface area contributed by atoms with Crippen LogP contribution in [0.15, 0.2) is 30.3 Å². The molecule has 4 amide bonds. The van der Waals surface area contributed by atoms with E-state index in [4.69, 9.17) is 0 Å². The van der Waals surface area contributed by atoms with E-state index >= 15 is 0 Å². The van der Waals surface area contributed by atoms with Crippen molar-refractivity contribution in [1.82, 2.24) is 20.4 Å². The Kier molecular flexibility index (Phi) is 8.49. The Morgan fingerprint density at radius 3 is 2.42 bits per heavy atom. The highest BCUT2D eigenvalue weighted by Crippen LogP contribution is 2.37. The molecule has 40 heavy (non-hydrogen) atoms. The molecule has 4 aliphatic heterocycles. The van der Waals surface area contributed by atoms with Crippen LogP contribution in [0.25, 0.3) is 0 Å². The van der Waals surface area contributed by atoms with Gasteiger partial charge in [-0.1, -0.05) is 30.3 Å². The molecule has 1 aromatic rings. The average Bonchev–Trinajstić information content (AvgIpc) is 2.92. The van der Waals surface area contributed by atoms with Crippen LogP contribution >= 0.6 is 0 Å². The molecule has 10 nitrogen and oxygen atoms in total. The van der Waals surface area contributed by atoms with Gasteiger partial charge in [0, 0.05) is 44.4 Å². The van der Waals surface area contributed by atoms with Crippen LogP contribution in [0.3, 0.4) is 0 Å². The first kappa shape index (κ1) is 28.6. The van der Waals surface area contributed by atoms with Crippen LogP contribution in [-0.4, -0.2) is 91.1 Å². The number of likely N-dealkylation sites (tertiary alicyclic amines) is 1. The van der Waals surface area contributed by atoms with E-state index in [9.17, 15) is 27.6 Å². The molecule has 2 N–H and O–H groups in total. The van der Waals surface area contributed by atoms with Crippen LogP contribution in [0.2, 0.25) is 0 Å². The third-order valence-corrected chi connectivity index (χ3v) is 10.8. The first-order valence-electron chi connectivity index (χ1n) is 14.5. The molecule has 0 unspecified atom stereocenters. The number of nitrogens with one attached hydrogen (secondary N) is 2. The highest BCUT2D eigenvalue weighted by molar-refractivity contribution is 7.91. The van der Waals surface area contributed by atoms with E-state index in [2.05, 4.69) is 10.6 Å². The lowest BCUT2D eigenvalue weighted by Gasteiger charge is -2.52. The highest BCUT2D eigenvalue weighted by Gasteiger charge is 2.46. The van der Waals surface area contributed by atoms with Crippen LogP contribution in [-0.2, 0) is 35.4 Å². The number of fused-ring (bicyclic) bond motifs is 4. The summed E-state index contributed by atoms with van der Waals surface area (Å²) >= 11 is 0. The van der Waals surface area contributed by atoms with Gasteiger partial charge < -0.3 is 20.4 Å². The number of sulfone groups is 1. The molecule has 11 heteroatoms. The molecule has 0 aromatic heterocycles. The van der Waals surface area contributed by atoms with Gasteiger partial charge in [0.05, 0.1) is 11.5 Å². The SMILES string of the molecule is C[C@H]1NC(=O)CCC[C@H]2[C@@H]3C[C@@H](CN(C(=O)C4CCS(=O)(=O)CC4)C3)CN2C(=O)[C@H](Cc2ccccc2)NC1=O. The van der Waals surface area contributed by atoms with E-state index in [-0.39, 0.29) is 65.4 Å². The van der Waals surface area contributed by atoms with Gasteiger partial charge in [-0.15, -0.1) is 0 Å². The Bertz CT molecular complexity index is 1220. The van der Waals surface area contributed by atoms with Gasteiger partial charge in [0.25, 0.3) is 0 Å². The quantitative estimate of drug-likeness (QED) is 0.553. The molecule has 4 fully saturated rings. The van der Waals surface area contributed by atoms with Crippen molar-refractivity contribution in [2.45, 2.75) is 70.0 Å². The van der Waals surface area contributed by atoms with E-state index in [1.807, 2.05) is 40.1 Å². The smallest absolute Gasteiger partial charge is 0.245 e. The topological polar surface area (TPSA) is 133 Å². The molecule has 5 atom stereocenters. The van der Waals surface area contributed by atoms with Crippen molar-refractivity contribution in [2.24, 2.45) is 17.8 Å². The van der Waals surface area contributed by atoms with Crippen molar-refractivity contribution in [3.8, 4) is 0 Å². The molecule has 0 saturated carbocycles. The molecule has 1 aromatic carbocycles. The molecule has 4 saturated heterocycles. The average molecular weight is 573 g/mol. The van der Waals surface area contributed by atoms with Gasteiger partial charge in [-0.2, -0.15) is 0 Å². The number of benzene rings is 1. The lowest BCUT2D eigenvalue weighted by atomic mass is 9.76. The van der Waals surface area contributed by atoms with Gasteiger partial charge in [0.15, 0.2) is 0 Å². The lowest BCUT2D eigenvalue weighted by molar-refractivity contribution is -0.150. The number of nitrogens with zero attached hydrogens (tertiary/aromatic N) is 2. The summed E-state index contributed by atoms with van der Waals surface area (Å²) in [5.41, 5.74) is 0.935. The Morgan fingerprint density at radius 1 is 0.975 bits per heavy atom. The largest absolute Gasteiger partial charge is 0.345 e. The number of rotatable bonds is 3.